The van der Waals surface area contributed by atoms with E-state index in [-0.39, 0.29) is 5.60 Å². The summed E-state index contributed by atoms with van der Waals surface area (Å²) in [7, 11) is 3.38. The largest absolute Gasteiger partial charge is 0.493 e. The second-order valence-corrected chi connectivity index (χ2v) is 6.12. The molecule has 0 aromatic heterocycles. The van der Waals surface area contributed by atoms with Crippen molar-refractivity contribution in [2.75, 3.05) is 52.4 Å². The normalized spacial score (nSPS) is 16.8. The topological polar surface area (TPSA) is 73.3 Å². The molecule has 0 aliphatic carbocycles. The summed E-state index contributed by atoms with van der Waals surface area (Å²) in [5.74, 6) is 2.12. The van der Waals surface area contributed by atoms with Gasteiger partial charge in [0.1, 0.15) is 0 Å². The van der Waals surface area contributed by atoms with E-state index in [2.05, 4.69) is 10.6 Å². The lowest BCUT2D eigenvalue weighted by Crippen LogP contribution is -2.42. The Morgan fingerprint density at radius 1 is 1.19 bits per heavy atom. The number of methoxy groups -OCH3 is 2. The second kappa shape index (κ2) is 10.2. The zero-order chi connectivity index (χ0) is 18.8. The van der Waals surface area contributed by atoms with Crippen molar-refractivity contribution < 1.29 is 18.9 Å². The number of benzene rings is 1. The first kappa shape index (κ1) is 20.3. The van der Waals surface area contributed by atoms with E-state index < -0.39 is 0 Å². The summed E-state index contributed by atoms with van der Waals surface area (Å²) >= 11 is 0. The molecule has 1 aliphatic rings. The van der Waals surface area contributed by atoms with Crippen LogP contribution in [0.3, 0.4) is 0 Å². The van der Waals surface area contributed by atoms with Crippen LogP contribution < -0.4 is 20.1 Å². The summed E-state index contributed by atoms with van der Waals surface area (Å²) in [4.78, 5) is 4.73. The average molecular weight is 365 g/mol. The van der Waals surface area contributed by atoms with Gasteiger partial charge in [-0.15, -0.1) is 0 Å². The summed E-state index contributed by atoms with van der Waals surface area (Å²) in [5.41, 5.74) is 0.625. The summed E-state index contributed by atoms with van der Waals surface area (Å²) in [6.45, 7) is 7.35. The standard InChI is InChI=1S/C19H31N3O4/c1-5-20-18(21-14-19(24-4)9-11-25-12-10-19)22-15-7-8-16(26-6-2)17(13-15)23-3/h7-8,13H,5-6,9-12,14H2,1-4H3,(H2,20,21,22). The fraction of sp³-hybridized carbons (Fsp3) is 0.632. The molecule has 0 unspecified atom stereocenters. The molecule has 0 bridgehead atoms. The number of hydrogen-bond acceptors (Lipinski definition) is 5. The van der Waals surface area contributed by atoms with Crippen molar-refractivity contribution >= 4 is 11.6 Å². The van der Waals surface area contributed by atoms with Crippen molar-refractivity contribution in [2.45, 2.75) is 32.3 Å². The molecular formula is C19H31N3O4. The van der Waals surface area contributed by atoms with E-state index in [4.69, 9.17) is 23.9 Å². The van der Waals surface area contributed by atoms with Gasteiger partial charge in [-0.1, -0.05) is 0 Å². The van der Waals surface area contributed by atoms with Gasteiger partial charge in [0.15, 0.2) is 17.5 Å². The maximum atomic E-state index is 5.76. The van der Waals surface area contributed by atoms with Gasteiger partial charge in [0.05, 0.1) is 25.9 Å². The third-order valence-electron chi connectivity index (χ3n) is 4.43. The number of guanidine groups is 1. The smallest absolute Gasteiger partial charge is 0.195 e. The third-order valence-corrected chi connectivity index (χ3v) is 4.43. The highest BCUT2D eigenvalue weighted by Gasteiger charge is 2.32. The van der Waals surface area contributed by atoms with Crippen LogP contribution in [0.1, 0.15) is 26.7 Å². The first-order valence-corrected chi connectivity index (χ1v) is 9.15. The summed E-state index contributed by atoms with van der Waals surface area (Å²) in [5, 5.41) is 6.59. The van der Waals surface area contributed by atoms with Gasteiger partial charge in [0.2, 0.25) is 0 Å². The molecule has 26 heavy (non-hydrogen) atoms. The lowest BCUT2D eigenvalue weighted by molar-refractivity contribution is -0.0828. The number of aliphatic imine (C=N–C) groups is 1. The van der Waals surface area contributed by atoms with Crippen molar-refractivity contribution in [3.05, 3.63) is 18.2 Å². The van der Waals surface area contributed by atoms with E-state index in [1.54, 1.807) is 14.2 Å². The number of hydrogen-bond donors (Lipinski definition) is 2. The first-order valence-electron chi connectivity index (χ1n) is 9.15. The Morgan fingerprint density at radius 2 is 1.96 bits per heavy atom. The molecular weight excluding hydrogens is 334 g/mol. The number of nitrogens with one attached hydrogen (secondary N) is 2. The summed E-state index contributed by atoms with van der Waals surface area (Å²) < 4.78 is 22.2. The Hall–Kier alpha value is -1.99. The minimum Gasteiger partial charge on any atom is -0.493 e. The minimum atomic E-state index is -0.253. The molecule has 2 rings (SSSR count). The van der Waals surface area contributed by atoms with Crippen molar-refractivity contribution in [3.63, 3.8) is 0 Å². The number of rotatable bonds is 8. The molecule has 7 nitrogen and oxygen atoms in total. The van der Waals surface area contributed by atoms with Crippen LogP contribution in [0.25, 0.3) is 0 Å². The molecule has 1 aliphatic heterocycles. The highest BCUT2D eigenvalue weighted by molar-refractivity contribution is 5.94. The minimum absolute atomic E-state index is 0.253. The molecule has 0 saturated carbocycles. The molecule has 0 atom stereocenters. The van der Waals surface area contributed by atoms with E-state index in [9.17, 15) is 0 Å². The molecule has 1 fully saturated rings. The van der Waals surface area contributed by atoms with Crippen molar-refractivity contribution in [2.24, 2.45) is 4.99 Å². The fourth-order valence-electron chi connectivity index (χ4n) is 2.86. The van der Waals surface area contributed by atoms with Crippen LogP contribution in [-0.2, 0) is 9.47 Å². The summed E-state index contributed by atoms with van der Waals surface area (Å²) in [6, 6.07) is 5.74. The zero-order valence-electron chi connectivity index (χ0n) is 16.3. The highest BCUT2D eigenvalue weighted by Crippen LogP contribution is 2.30. The van der Waals surface area contributed by atoms with E-state index >= 15 is 0 Å². The van der Waals surface area contributed by atoms with Gasteiger partial charge in [-0.25, -0.2) is 4.99 Å². The zero-order valence-corrected chi connectivity index (χ0v) is 16.3. The Kier molecular flexibility index (Phi) is 8.00. The monoisotopic (exact) mass is 365 g/mol. The van der Waals surface area contributed by atoms with Gasteiger partial charge in [-0.2, -0.15) is 0 Å². The quantitative estimate of drug-likeness (QED) is 0.545. The van der Waals surface area contributed by atoms with Crippen LogP contribution in [0.4, 0.5) is 5.69 Å². The number of ether oxygens (including phenoxy) is 4. The molecule has 7 heteroatoms. The Labute approximate surface area is 156 Å². The Morgan fingerprint density at radius 3 is 2.58 bits per heavy atom. The van der Waals surface area contributed by atoms with E-state index in [1.165, 1.54) is 0 Å². The van der Waals surface area contributed by atoms with Crippen LogP contribution in [0.2, 0.25) is 0 Å². The fourth-order valence-corrected chi connectivity index (χ4v) is 2.86. The first-order chi connectivity index (χ1) is 12.7. The maximum Gasteiger partial charge on any atom is 0.195 e. The van der Waals surface area contributed by atoms with Crippen LogP contribution in [0.5, 0.6) is 11.5 Å². The third kappa shape index (κ3) is 5.51. The van der Waals surface area contributed by atoms with E-state index in [1.807, 2.05) is 32.0 Å². The van der Waals surface area contributed by atoms with Crippen LogP contribution >= 0.6 is 0 Å². The molecule has 0 spiro atoms. The lowest BCUT2D eigenvalue weighted by Gasteiger charge is -2.34. The molecule has 2 N–H and O–H groups in total. The lowest BCUT2D eigenvalue weighted by atomic mass is 9.94. The molecule has 0 radical (unpaired) electrons. The predicted molar refractivity (Wildman–Crippen MR) is 104 cm³/mol. The second-order valence-electron chi connectivity index (χ2n) is 6.12. The SMILES string of the molecule is CCNC(=NCC1(OC)CCOCC1)Nc1ccc(OCC)c(OC)c1. The van der Waals surface area contributed by atoms with Crippen LogP contribution in [0.15, 0.2) is 23.2 Å². The van der Waals surface area contributed by atoms with Crippen molar-refractivity contribution in [3.8, 4) is 11.5 Å². The van der Waals surface area contributed by atoms with Gasteiger partial charge >= 0.3 is 0 Å². The van der Waals surface area contributed by atoms with Crippen molar-refractivity contribution in [1.82, 2.24) is 5.32 Å². The van der Waals surface area contributed by atoms with Gasteiger partial charge < -0.3 is 29.6 Å². The van der Waals surface area contributed by atoms with Crippen molar-refractivity contribution in [1.29, 1.82) is 0 Å². The molecule has 1 aromatic rings. The molecule has 1 saturated heterocycles. The van der Waals surface area contributed by atoms with E-state index in [0.29, 0.717) is 38.1 Å². The number of anilines is 1. The van der Waals surface area contributed by atoms with E-state index in [0.717, 1.165) is 30.8 Å². The maximum absolute atomic E-state index is 5.76. The Balaban J connectivity index is 2.11. The number of nitrogens with zero attached hydrogens (tertiary/aromatic N) is 1. The summed E-state index contributed by atoms with van der Waals surface area (Å²) in [6.07, 6.45) is 1.70. The average Bonchev–Trinajstić information content (AvgIpc) is 2.68. The van der Waals surface area contributed by atoms with Gasteiger partial charge in [-0.3, -0.25) is 0 Å². The highest BCUT2D eigenvalue weighted by atomic mass is 16.5. The predicted octanol–water partition coefficient (Wildman–Crippen LogP) is 2.67. The van der Waals surface area contributed by atoms with Crippen LogP contribution in [0, 0.1) is 0 Å². The molecule has 1 heterocycles. The molecule has 146 valence electrons. The van der Waals surface area contributed by atoms with Crippen LogP contribution in [-0.4, -0.2) is 58.7 Å². The molecule has 0 amide bonds. The Bertz CT molecular complexity index is 586. The van der Waals surface area contributed by atoms with Gasteiger partial charge in [0.25, 0.3) is 0 Å². The van der Waals surface area contributed by atoms with Gasteiger partial charge in [-0.05, 0) is 26.0 Å². The van der Waals surface area contributed by atoms with Gasteiger partial charge in [0, 0.05) is 51.5 Å². The molecule has 1 aromatic carbocycles.